The second-order valence-electron chi connectivity index (χ2n) is 4.82. The lowest BCUT2D eigenvalue weighted by molar-refractivity contribution is -0.237. The highest BCUT2D eigenvalue weighted by Gasteiger charge is 2.42. The fraction of sp³-hybridized carbons (Fsp3) is 0.357. The number of alkyl halides is 6. The first kappa shape index (κ1) is 17.3. The summed E-state index contributed by atoms with van der Waals surface area (Å²) in [4.78, 5) is 14.9. The van der Waals surface area contributed by atoms with Gasteiger partial charge in [0, 0.05) is 6.54 Å². The molecule has 0 saturated heterocycles. The Morgan fingerprint density at radius 1 is 1.04 bits per heavy atom. The second kappa shape index (κ2) is 6.23. The van der Waals surface area contributed by atoms with Gasteiger partial charge in [0.2, 0.25) is 0 Å². The Kier molecular flexibility index (Phi) is 4.69. The van der Waals surface area contributed by atoms with Crippen LogP contribution in [0.4, 0.5) is 26.3 Å². The molecule has 126 valence electrons. The van der Waals surface area contributed by atoms with E-state index in [1.165, 1.54) is 18.2 Å². The topological polar surface area (TPSA) is 29.5 Å². The molecule has 0 N–H and O–H groups in total. The van der Waals surface area contributed by atoms with Gasteiger partial charge in [0.15, 0.2) is 0 Å². The molecule has 0 aliphatic carbocycles. The summed E-state index contributed by atoms with van der Waals surface area (Å²) in [5, 5.41) is 0.851. The number of hydroxylamine groups is 2. The smallest absolute Gasteiger partial charge is 0.360 e. The highest BCUT2D eigenvalue weighted by atomic mass is 19.4. The number of halogens is 6. The Labute approximate surface area is 127 Å². The van der Waals surface area contributed by atoms with E-state index in [4.69, 9.17) is 0 Å². The van der Waals surface area contributed by atoms with Gasteiger partial charge in [0.05, 0.1) is 12.1 Å². The van der Waals surface area contributed by atoms with E-state index in [9.17, 15) is 31.1 Å². The maximum Gasteiger partial charge on any atom is 0.492 e. The van der Waals surface area contributed by atoms with Crippen LogP contribution in [0.25, 0.3) is 5.57 Å². The van der Waals surface area contributed by atoms with Crippen LogP contribution < -0.4 is 0 Å². The normalized spacial score (nSPS) is 16.9. The molecule has 0 unspecified atom stereocenters. The minimum absolute atomic E-state index is 0.0225. The molecule has 1 heterocycles. The zero-order valence-electron chi connectivity index (χ0n) is 11.5. The number of benzene rings is 1. The Hall–Kier alpha value is -2.03. The summed E-state index contributed by atoms with van der Waals surface area (Å²) < 4.78 is 73.6. The summed E-state index contributed by atoms with van der Waals surface area (Å²) in [7, 11) is 0. The van der Waals surface area contributed by atoms with Crippen molar-refractivity contribution in [2.75, 3.05) is 13.1 Å². The van der Waals surface area contributed by atoms with Crippen molar-refractivity contribution < 1.29 is 36.0 Å². The average Bonchev–Trinajstić information content (AvgIpc) is 2.46. The van der Waals surface area contributed by atoms with Crippen LogP contribution in [0.5, 0.6) is 0 Å². The predicted octanol–water partition coefficient (Wildman–Crippen LogP) is 3.82. The van der Waals surface area contributed by atoms with Crippen molar-refractivity contribution >= 4 is 11.5 Å². The molecule has 0 aromatic heterocycles. The van der Waals surface area contributed by atoms with Gasteiger partial charge in [-0.05, 0) is 29.7 Å². The van der Waals surface area contributed by atoms with Crippen molar-refractivity contribution in [2.45, 2.75) is 18.8 Å². The van der Waals surface area contributed by atoms with Gasteiger partial charge in [0.1, 0.15) is 0 Å². The molecule has 0 saturated carbocycles. The van der Waals surface area contributed by atoms with Crippen LogP contribution in [0.2, 0.25) is 0 Å². The second-order valence-corrected chi connectivity index (χ2v) is 4.82. The number of carbonyl (C=O) groups excluding carboxylic acids is 1. The summed E-state index contributed by atoms with van der Waals surface area (Å²) in [6.45, 7) is -0.0488. The first-order valence-electron chi connectivity index (χ1n) is 6.48. The molecular weight excluding hydrogens is 328 g/mol. The monoisotopic (exact) mass is 339 g/mol. The van der Waals surface area contributed by atoms with E-state index in [0.29, 0.717) is 11.1 Å². The summed E-state index contributed by atoms with van der Waals surface area (Å²) in [6.07, 6.45) is -7.74. The standard InChI is InChI=1S/C14H11F6NO2/c15-13(16,17)11-3-1-9(2-4-11)10-5-7-21(8-6-10)23-12(22)14(18,19)20/h1-5H,6-8H2. The van der Waals surface area contributed by atoms with Gasteiger partial charge < -0.3 is 4.84 Å². The lowest BCUT2D eigenvalue weighted by Crippen LogP contribution is -2.37. The Bertz CT molecular complexity index is 603. The van der Waals surface area contributed by atoms with Crippen LogP contribution in [0.3, 0.4) is 0 Å². The highest BCUT2D eigenvalue weighted by molar-refractivity contribution is 5.75. The average molecular weight is 339 g/mol. The van der Waals surface area contributed by atoms with Crippen LogP contribution in [0, 0.1) is 0 Å². The minimum atomic E-state index is -5.07. The minimum Gasteiger partial charge on any atom is -0.360 e. The van der Waals surface area contributed by atoms with E-state index >= 15 is 0 Å². The molecule has 0 fully saturated rings. The van der Waals surface area contributed by atoms with Crippen molar-refractivity contribution in [1.29, 1.82) is 0 Å². The van der Waals surface area contributed by atoms with E-state index in [0.717, 1.165) is 17.2 Å². The van der Waals surface area contributed by atoms with Gasteiger partial charge >= 0.3 is 18.3 Å². The van der Waals surface area contributed by atoms with Crippen LogP contribution in [0.15, 0.2) is 30.3 Å². The Morgan fingerprint density at radius 2 is 1.65 bits per heavy atom. The Balaban J connectivity index is 2.00. The van der Waals surface area contributed by atoms with E-state index < -0.39 is 23.9 Å². The molecule has 23 heavy (non-hydrogen) atoms. The maximum absolute atomic E-state index is 12.5. The van der Waals surface area contributed by atoms with Crippen LogP contribution in [0.1, 0.15) is 17.5 Å². The van der Waals surface area contributed by atoms with Gasteiger partial charge in [-0.25, -0.2) is 4.79 Å². The summed E-state index contributed by atoms with van der Waals surface area (Å²) in [5.41, 5.74) is 0.441. The first-order valence-corrected chi connectivity index (χ1v) is 6.48. The van der Waals surface area contributed by atoms with Crippen molar-refractivity contribution in [3.8, 4) is 0 Å². The third-order valence-corrected chi connectivity index (χ3v) is 3.20. The van der Waals surface area contributed by atoms with E-state index in [2.05, 4.69) is 4.84 Å². The van der Waals surface area contributed by atoms with Crippen molar-refractivity contribution in [3.63, 3.8) is 0 Å². The van der Waals surface area contributed by atoms with Gasteiger partial charge in [-0.15, -0.1) is 5.06 Å². The van der Waals surface area contributed by atoms with E-state index in [1.807, 2.05) is 0 Å². The maximum atomic E-state index is 12.5. The number of nitrogens with zero attached hydrogens (tertiary/aromatic N) is 1. The molecule has 0 amide bonds. The Morgan fingerprint density at radius 3 is 2.09 bits per heavy atom. The third-order valence-electron chi connectivity index (χ3n) is 3.20. The molecule has 0 bridgehead atoms. The van der Waals surface area contributed by atoms with Crippen LogP contribution in [-0.2, 0) is 15.8 Å². The van der Waals surface area contributed by atoms with Gasteiger partial charge in [-0.3, -0.25) is 0 Å². The van der Waals surface area contributed by atoms with Gasteiger partial charge in [-0.1, -0.05) is 18.2 Å². The molecule has 1 aromatic carbocycles. The van der Waals surface area contributed by atoms with Gasteiger partial charge in [-0.2, -0.15) is 26.3 Å². The molecule has 1 aromatic rings. The SMILES string of the molecule is O=C(ON1CC=C(c2ccc(C(F)(F)F)cc2)CC1)C(F)(F)F. The van der Waals surface area contributed by atoms with Crippen molar-refractivity contribution in [1.82, 2.24) is 5.06 Å². The first-order chi connectivity index (χ1) is 10.6. The molecule has 0 spiro atoms. The van der Waals surface area contributed by atoms with Gasteiger partial charge in [0.25, 0.3) is 0 Å². The highest BCUT2D eigenvalue weighted by Crippen LogP contribution is 2.31. The molecular formula is C14H11F6NO2. The number of carbonyl (C=O) groups is 1. The van der Waals surface area contributed by atoms with Crippen molar-refractivity contribution in [3.05, 3.63) is 41.5 Å². The molecule has 0 atom stereocenters. The van der Waals surface area contributed by atoms with Crippen molar-refractivity contribution in [2.24, 2.45) is 0 Å². The largest absolute Gasteiger partial charge is 0.492 e. The molecule has 1 aliphatic heterocycles. The van der Waals surface area contributed by atoms with Crippen LogP contribution >= 0.6 is 0 Å². The lowest BCUT2D eigenvalue weighted by atomic mass is 9.99. The molecule has 9 heteroatoms. The summed E-state index contributed by atoms with van der Waals surface area (Å²) >= 11 is 0. The number of rotatable bonds is 2. The zero-order valence-corrected chi connectivity index (χ0v) is 11.5. The molecule has 1 aliphatic rings. The molecule has 2 rings (SSSR count). The number of hydrogen-bond acceptors (Lipinski definition) is 3. The fourth-order valence-electron chi connectivity index (χ4n) is 2.04. The lowest BCUT2D eigenvalue weighted by Gasteiger charge is -2.25. The predicted molar refractivity (Wildman–Crippen MR) is 67.8 cm³/mol. The molecule has 0 radical (unpaired) electrons. The van der Waals surface area contributed by atoms with Crippen LogP contribution in [-0.4, -0.2) is 30.3 Å². The third kappa shape index (κ3) is 4.47. The van der Waals surface area contributed by atoms with E-state index in [1.54, 1.807) is 0 Å². The fourth-order valence-corrected chi connectivity index (χ4v) is 2.04. The summed E-state index contributed by atoms with van der Waals surface area (Å²) in [5.74, 6) is -2.30. The van der Waals surface area contributed by atoms with E-state index in [-0.39, 0.29) is 19.5 Å². The zero-order chi connectivity index (χ0) is 17.3. The quantitative estimate of drug-likeness (QED) is 0.768. The summed E-state index contributed by atoms with van der Waals surface area (Å²) in [6, 6.07) is 4.47. The molecule has 3 nitrogen and oxygen atoms in total. The number of hydrogen-bond donors (Lipinski definition) is 0.